The van der Waals surface area contributed by atoms with Gasteiger partial charge in [-0.2, -0.15) is 0 Å². The summed E-state index contributed by atoms with van der Waals surface area (Å²) in [7, 11) is 0. The molecular formula is C15H23N3. The van der Waals surface area contributed by atoms with Gasteiger partial charge in [0, 0.05) is 11.7 Å². The summed E-state index contributed by atoms with van der Waals surface area (Å²) >= 11 is 0. The van der Waals surface area contributed by atoms with Gasteiger partial charge in [-0.05, 0) is 30.9 Å². The molecule has 0 aromatic heterocycles. The Kier molecular flexibility index (Phi) is 4.24. The van der Waals surface area contributed by atoms with Crippen LogP contribution in [0.3, 0.4) is 0 Å². The molecule has 98 valence electrons. The molecule has 1 heterocycles. The highest BCUT2D eigenvalue weighted by molar-refractivity contribution is 5.95. The van der Waals surface area contributed by atoms with Gasteiger partial charge in [0.05, 0.1) is 6.54 Å². The van der Waals surface area contributed by atoms with E-state index >= 15 is 0 Å². The highest BCUT2D eigenvalue weighted by atomic mass is 15.2. The molecule has 2 unspecified atom stereocenters. The summed E-state index contributed by atoms with van der Waals surface area (Å²) in [4.78, 5) is 4.54. The number of nitrogens with one attached hydrogen (secondary N) is 2. The van der Waals surface area contributed by atoms with Crippen LogP contribution in [0.2, 0.25) is 0 Å². The molecule has 3 heteroatoms. The van der Waals surface area contributed by atoms with Gasteiger partial charge in [-0.1, -0.05) is 38.5 Å². The fraction of sp³-hybridized carbons (Fsp3) is 0.533. The van der Waals surface area contributed by atoms with E-state index in [4.69, 9.17) is 0 Å². The molecule has 2 rings (SSSR count). The lowest BCUT2D eigenvalue weighted by atomic mass is 10.0. The number of nitrogens with zero attached hydrogens (tertiary/aromatic N) is 1. The van der Waals surface area contributed by atoms with Crippen molar-refractivity contribution in [2.45, 2.75) is 46.2 Å². The van der Waals surface area contributed by atoms with Gasteiger partial charge in [0.2, 0.25) is 0 Å². The molecule has 1 aromatic rings. The van der Waals surface area contributed by atoms with Crippen molar-refractivity contribution in [2.24, 2.45) is 10.9 Å². The van der Waals surface area contributed by atoms with E-state index in [1.54, 1.807) is 0 Å². The predicted octanol–water partition coefficient (Wildman–Crippen LogP) is 3.38. The van der Waals surface area contributed by atoms with Gasteiger partial charge in [-0.25, -0.2) is 4.99 Å². The topological polar surface area (TPSA) is 36.4 Å². The molecule has 2 N–H and O–H groups in total. The van der Waals surface area contributed by atoms with Crippen LogP contribution in [0, 0.1) is 5.92 Å². The lowest BCUT2D eigenvalue weighted by Crippen LogP contribution is -2.39. The number of hydrogen-bond acceptors (Lipinski definition) is 3. The van der Waals surface area contributed by atoms with Crippen LogP contribution in [0.5, 0.6) is 0 Å². The molecule has 1 aromatic carbocycles. The molecule has 0 aliphatic carbocycles. The molecule has 0 amide bonds. The number of benzene rings is 1. The molecule has 0 bridgehead atoms. The molecule has 3 nitrogen and oxygen atoms in total. The number of para-hydroxylation sites is 1. The van der Waals surface area contributed by atoms with E-state index in [0.717, 1.165) is 18.4 Å². The number of hydrogen-bond donors (Lipinski definition) is 2. The lowest BCUT2D eigenvalue weighted by molar-refractivity contribution is 0.448. The Morgan fingerprint density at radius 3 is 2.89 bits per heavy atom. The van der Waals surface area contributed by atoms with E-state index in [0.29, 0.717) is 6.04 Å². The highest BCUT2D eigenvalue weighted by Crippen LogP contribution is 2.19. The van der Waals surface area contributed by atoms with Crippen molar-refractivity contribution in [1.29, 1.82) is 0 Å². The fourth-order valence-electron chi connectivity index (χ4n) is 2.26. The number of guanidine groups is 1. The minimum Gasteiger partial charge on any atom is -0.354 e. The average molecular weight is 245 g/mol. The summed E-state index contributed by atoms with van der Waals surface area (Å²) in [6.45, 7) is 7.52. The molecule has 1 aliphatic rings. The Morgan fingerprint density at radius 2 is 2.11 bits per heavy atom. The molecule has 0 spiro atoms. The quantitative estimate of drug-likeness (QED) is 0.853. The van der Waals surface area contributed by atoms with E-state index in [9.17, 15) is 0 Å². The molecule has 0 radical (unpaired) electrons. The highest BCUT2D eigenvalue weighted by Gasteiger charge is 2.13. The largest absolute Gasteiger partial charge is 0.354 e. The van der Waals surface area contributed by atoms with Gasteiger partial charge in [0.15, 0.2) is 5.96 Å². The molecule has 0 saturated heterocycles. The molecule has 2 atom stereocenters. The van der Waals surface area contributed by atoms with Crippen LogP contribution in [0.1, 0.15) is 39.2 Å². The zero-order valence-electron chi connectivity index (χ0n) is 11.5. The van der Waals surface area contributed by atoms with Crippen LogP contribution in [0.15, 0.2) is 29.3 Å². The van der Waals surface area contributed by atoms with Crippen LogP contribution in [0.25, 0.3) is 0 Å². The Hall–Kier alpha value is -1.51. The van der Waals surface area contributed by atoms with E-state index in [-0.39, 0.29) is 0 Å². The maximum atomic E-state index is 4.54. The zero-order chi connectivity index (χ0) is 13.0. The minimum atomic E-state index is 0.455. The maximum Gasteiger partial charge on any atom is 0.196 e. The monoisotopic (exact) mass is 245 g/mol. The third-order valence-corrected chi connectivity index (χ3v) is 3.51. The number of aliphatic imine (C=N–C) groups is 1. The van der Waals surface area contributed by atoms with Crippen molar-refractivity contribution in [2.75, 3.05) is 5.32 Å². The molecule has 0 saturated carbocycles. The third kappa shape index (κ3) is 3.25. The summed E-state index contributed by atoms with van der Waals surface area (Å²) in [5, 5.41) is 6.82. The van der Waals surface area contributed by atoms with Crippen LogP contribution >= 0.6 is 0 Å². The zero-order valence-corrected chi connectivity index (χ0v) is 11.5. The molecule has 0 fully saturated rings. The van der Waals surface area contributed by atoms with Crippen molar-refractivity contribution >= 4 is 11.6 Å². The van der Waals surface area contributed by atoms with Crippen LogP contribution < -0.4 is 10.6 Å². The first kappa shape index (κ1) is 12.9. The summed E-state index contributed by atoms with van der Waals surface area (Å²) < 4.78 is 0. The Labute approximate surface area is 110 Å². The predicted molar refractivity (Wildman–Crippen MR) is 77.9 cm³/mol. The Balaban J connectivity index is 1.91. The van der Waals surface area contributed by atoms with Gasteiger partial charge in [-0.15, -0.1) is 0 Å². The second kappa shape index (κ2) is 5.89. The van der Waals surface area contributed by atoms with Crippen molar-refractivity contribution in [3.63, 3.8) is 0 Å². The second-order valence-corrected chi connectivity index (χ2v) is 5.24. The first-order valence-electron chi connectivity index (χ1n) is 6.85. The number of rotatable bonds is 4. The van der Waals surface area contributed by atoms with E-state index in [1.807, 2.05) is 0 Å². The van der Waals surface area contributed by atoms with Gasteiger partial charge in [-0.3, -0.25) is 0 Å². The van der Waals surface area contributed by atoms with E-state index < -0.39 is 0 Å². The van der Waals surface area contributed by atoms with Gasteiger partial charge < -0.3 is 10.6 Å². The maximum absolute atomic E-state index is 4.54. The van der Waals surface area contributed by atoms with Crippen LogP contribution in [-0.4, -0.2) is 12.0 Å². The van der Waals surface area contributed by atoms with Crippen molar-refractivity contribution < 1.29 is 0 Å². The smallest absolute Gasteiger partial charge is 0.196 e. The van der Waals surface area contributed by atoms with Gasteiger partial charge in [0.25, 0.3) is 0 Å². The van der Waals surface area contributed by atoms with Crippen LogP contribution in [0.4, 0.5) is 5.69 Å². The molecular weight excluding hydrogens is 222 g/mol. The number of fused-ring (bicyclic) bond motifs is 1. The average Bonchev–Trinajstić information content (AvgIpc) is 2.38. The van der Waals surface area contributed by atoms with E-state index in [2.05, 4.69) is 60.7 Å². The first-order valence-corrected chi connectivity index (χ1v) is 6.85. The normalized spacial score (nSPS) is 17.2. The first-order chi connectivity index (χ1) is 8.69. The number of anilines is 1. The van der Waals surface area contributed by atoms with E-state index in [1.165, 1.54) is 24.1 Å². The lowest BCUT2D eigenvalue weighted by Gasteiger charge is -2.24. The van der Waals surface area contributed by atoms with Crippen molar-refractivity contribution in [3.05, 3.63) is 29.8 Å². The minimum absolute atomic E-state index is 0.455. The molecule has 1 aliphatic heterocycles. The Bertz CT molecular complexity index is 426. The molecule has 18 heavy (non-hydrogen) atoms. The van der Waals surface area contributed by atoms with Gasteiger partial charge in [0.1, 0.15) is 0 Å². The van der Waals surface area contributed by atoms with Crippen molar-refractivity contribution in [3.8, 4) is 0 Å². The summed E-state index contributed by atoms with van der Waals surface area (Å²) in [5.74, 6) is 1.66. The van der Waals surface area contributed by atoms with Crippen molar-refractivity contribution in [1.82, 2.24) is 5.32 Å². The standard InChI is InChI=1S/C15H23N3/c1-4-11(2)9-12(3)17-15-16-10-13-7-5-6-8-14(13)18-15/h5-8,11-12H,4,9-10H2,1-3H3,(H2,16,17,18). The second-order valence-electron chi connectivity index (χ2n) is 5.24. The summed E-state index contributed by atoms with van der Waals surface area (Å²) in [6.07, 6.45) is 2.41. The van der Waals surface area contributed by atoms with Gasteiger partial charge >= 0.3 is 0 Å². The third-order valence-electron chi connectivity index (χ3n) is 3.51. The summed E-state index contributed by atoms with van der Waals surface area (Å²) in [5.41, 5.74) is 2.43. The SMILES string of the molecule is CCC(C)CC(C)NC1=NCc2ccccc2N1. The summed E-state index contributed by atoms with van der Waals surface area (Å²) in [6, 6.07) is 8.78. The Morgan fingerprint density at radius 1 is 1.33 bits per heavy atom. The fourth-order valence-corrected chi connectivity index (χ4v) is 2.26. The van der Waals surface area contributed by atoms with Crippen LogP contribution in [-0.2, 0) is 6.54 Å².